The number of Topliss-reactive ketones (excluding diaryl/α,β-unsaturated/α-hetero) is 1. The summed E-state index contributed by atoms with van der Waals surface area (Å²) >= 11 is 2.88. The van der Waals surface area contributed by atoms with E-state index in [2.05, 4.69) is 15.9 Å². The molecule has 0 aliphatic carbocycles. The van der Waals surface area contributed by atoms with Gasteiger partial charge >= 0.3 is 0 Å². The molecule has 0 unspecified atom stereocenters. The van der Waals surface area contributed by atoms with Gasteiger partial charge in [0.1, 0.15) is 4.47 Å². The van der Waals surface area contributed by atoms with Crippen LogP contribution in [-0.4, -0.2) is 15.6 Å². The van der Waals surface area contributed by atoms with Crippen molar-refractivity contribution in [1.29, 1.82) is 0 Å². The molecule has 84 valence electrons. The van der Waals surface area contributed by atoms with Gasteiger partial charge in [0.05, 0.1) is 15.9 Å². The van der Waals surface area contributed by atoms with Crippen LogP contribution < -0.4 is 0 Å². The van der Waals surface area contributed by atoms with Gasteiger partial charge in [-0.25, -0.2) is 0 Å². The molecule has 0 N–H and O–H groups in total. The summed E-state index contributed by atoms with van der Waals surface area (Å²) in [4.78, 5) is 30.7. The molecule has 0 atom stereocenters. The SMILES string of the molecule is CC(=O)c1cc([N+](=O)[O-])cc([N+](=O)[O-])c1Br. The van der Waals surface area contributed by atoms with Gasteiger partial charge in [0.15, 0.2) is 5.78 Å². The summed E-state index contributed by atoms with van der Waals surface area (Å²) in [6.45, 7) is 1.17. The Morgan fingerprint density at radius 2 is 1.81 bits per heavy atom. The van der Waals surface area contributed by atoms with E-state index in [9.17, 15) is 25.0 Å². The highest BCUT2D eigenvalue weighted by Gasteiger charge is 2.24. The fourth-order valence-corrected chi connectivity index (χ4v) is 1.74. The maximum absolute atomic E-state index is 11.1. The molecule has 1 aromatic rings. The molecule has 16 heavy (non-hydrogen) atoms. The van der Waals surface area contributed by atoms with Crippen molar-refractivity contribution in [2.75, 3.05) is 0 Å². The molecule has 0 aromatic heterocycles. The predicted octanol–water partition coefficient (Wildman–Crippen LogP) is 2.47. The molecule has 0 bridgehead atoms. The van der Waals surface area contributed by atoms with E-state index >= 15 is 0 Å². The predicted molar refractivity (Wildman–Crippen MR) is 57.5 cm³/mol. The van der Waals surface area contributed by atoms with Gasteiger partial charge in [-0.15, -0.1) is 0 Å². The first-order valence-corrected chi connectivity index (χ1v) is 4.77. The highest BCUT2D eigenvalue weighted by Crippen LogP contribution is 2.33. The van der Waals surface area contributed by atoms with Gasteiger partial charge in [0.2, 0.25) is 0 Å². The first-order chi connectivity index (χ1) is 7.34. The van der Waals surface area contributed by atoms with Crippen LogP contribution in [0.5, 0.6) is 0 Å². The van der Waals surface area contributed by atoms with Crippen molar-refractivity contribution in [2.45, 2.75) is 6.92 Å². The number of benzene rings is 1. The third-order valence-corrected chi connectivity index (χ3v) is 2.66. The summed E-state index contributed by atoms with van der Waals surface area (Å²) in [7, 11) is 0. The molecular formula is C8H5BrN2O5. The lowest BCUT2D eigenvalue weighted by Gasteiger charge is -2.01. The maximum Gasteiger partial charge on any atom is 0.291 e. The maximum atomic E-state index is 11.1. The quantitative estimate of drug-likeness (QED) is 0.483. The minimum Gasteiger partial charge on any atom is -0.294 e. The van der Waals surface area contributed by atoms with Gasteiger partial charge in [-0.2, -0.15) is 0 Å². The van der Waals surface area contributed by atoms with Crippen LogP contribution in [0.1, 0.15) is 17.3 Å². The van der Waals surface area contributed by atoms with E-state index < -0.39 is 27.0 Å². The second-order valence-electron chi connectivity index (χ2n) is 2.90. The van der Waals surface area contributed by atoms with Gasteiger partial charge in [-0.05, 0) is 22.9 Å². The van der Waals surface area contributed by atoms with E-state index in [0.29, 0.717) is 0 Å². The van der Waals surface area contributed by atoms with Crippen LogP contribution >= 0.6 is 15.9 Å². The molecule has 1 rings (SSSR count). The number of nitro benzene ring substituents is 2. The zero-order valence-electron chi connectivity index (χ0n) is 7.97. The fraction of sp³-hybridized carbons (Fsp3) is 0.125. The number of carbonyl (C=O) groups is 1. The lowest BCUT2D eigenvalue weighted by atomic mass is 10.1. The number of rotatable bonds is 3. The van der Waals surface area contributed by atoms with Crippen molar-refractivity contribution in [1.82, 2.24) is 0 Å². The van der Waals surface area contributed by atoms with E-state index in [1.807, 2.05) is 0 Å². The first-order valence-electron chi connectivity index (χ1n) is 3.98. The number of nitrogens with zero attached hydrogens (tertiary/aromatic N) is 2. The van der Waals surface area contributed by atoms with Crippen LogP contribution in [0.4, 0.5) is 11.4 Å². The molecule has 7 nitrogen and oxygen atoms in total. The summed E-state index contributed by atoms with van der Waals surface area (Å²) in [5.41, 5.74) is -1.07. The monoisotopic (exact) mass is 288 g/mol. The Bertz CT molecular complexity index is 464. The molecule has 0 saturated carbocycles. The Hall–Kier alpha value is -1.83. The number of ketones is 1. The van der Waals surface area contributed by atoms with Crippen LogP contribution in [0.15, 0.2) is 16.6 Å². The van der Waals surface area contributed by atoms with Crippen molar-refractivity contribution < 1.29 is 14.6 Å². The summed E-state index contributed by atoms with van der Waals surface area (Å²) in [5, 5.41) is 21.1. The van der Waals surface area contributed by atoms with Gasteiger partial charge in [0, 0.05) is 11.6 Å². The molecule has 1 aromatic carbocycles. The summed E-state index contributed by atoms with van der Waals surface area (Å²) < 4.78 is -0.0457. The Morgan fingerprint density at radius 1 is 1.25 bits per heavy atom. The van der Waals surface area contributed by atoms with Gasteiger partial charge in [-0.3, -0.25) is 25.0 Å². The van der Waals surface area contributed by atoms with E-state index in [1.54, 1.807) is 0 Å². The average molecular weight is 289 g/mol. The fourth-order valence-electron chi connectivity index (χ4n) is 1.09. The molecule has 0 heterocycles. The minimum atomic E-state index is -0.788. The Morgan fingerprint density at radius 3 is 2.19 bits per heavy atom. The average Bonchev–Trinajstić information content (AvgIpc) is 2.16. The van der Waals surface area contributed by atoms with Gasteiger partial charge in [-0.1, -0.05) is 0 Å². The van der Waals surface area contributed by atoms with Crippen molar-refractivity contribution in [3.63, 3.8) is 0 Å². The van der Waals surface area contributed by atoms with E-state index in [4.69, 9.17) is 0 Å². The van der Waals surface area contributed by atoms with Crippen molar-refractivity contribution in [2.24, 2.45) is 0 Å². The molecule has 0 amide bonds. The molecule has 0 fully saturated rings. The largest absolute Gasteiger partial charge is 0.294 e. The van der Waals surface area contributed by atoms with Crippen molar-refractivity contribution >= 4 is 33.1 Å². The standard InChI is InChI=1S/C8H5BrN2O5/c1-4(12)6-2-5(10(13)14)3-7(8(6)9)11(15)16/h2-3H,1H3. The third-order valence-electron chi connectivity index (χ3n) is 1.82. The lowest BCUT2D eigenvalue weighted by molar-refractivity contribution is -0.394. The number of carbonyl (C=O) groups excluding carboxylic acids is 1. The highest BCUT2D eigenvalue weighted by molar-refractivity contribution is 9.10. The van der Waals surface area contributed by atoms with Crippen molar-refractivity contribution in [3.05, 3.63) is 42.4 Å². The third kappa shape index (κ3) is 2.22. The Kier molecular flexibility index (Phi) is 3.33. The lowest BCUT2D eigenvalue weighted by Crippen LogP contribution is -2.01. The van der Waals surface area contributed by atoms with Crippen LogP contribution in [0, 0.1) is 20.2 Å². The molecule has 0 radical (unpaired) electrons. The minimum absolute atomic E-state index is 0.0457. The summed E-state index contributed by atoms with van der Waals surface area (Å²) in [6, 6.07) is 1.80. The topological polar surface area (TPSA) is 103 Å². The van der Waals surface area contributed by atoms with Crippen LogP contribution in [0.25, 0.3) is 0 Å². The number of nitro groups is 2. The molecule has 0 spiro atoms. The molecule has 0 aliphatic heterocycles. The second kappa shape index (κ2) is 4.35. The molecular weight excluding hydrogens is 284 g/mol. The van der Waals surface area contributed by atoms with Gasteiger partial charge < -0.3 is 0 Å². The number of hydrogen-bond acceptors (Lipinski definition) is 5. The zero-order chi connectivity index (χ0) is 12.5. The Labute approximate surface area is 97.5 Å². The van der Waals surface area contributed by atoms with Crippen LogP contribution in [0.2, 0.25) is 0 Å². The van der Waals surface area contributed by atoms with E-state index in [0.717, 1.165) is 12.1 Å². The normalized spacial score (nSPS) is 9.88. The highest BCUT2D eigenvalue weighted by atomic mass is 79.9. The summed E-state index contributed by atoms with van der Waals surface area (Å²) in [5.74, 6) is -0.487. The van der Waals surface area contributed by atoms with E-state index in [-0.39, 0.29) is 10.0 Å². The smallest absolute Gasteiger partial charge is 0.291 e. The van der Waals surface area contributed by atoms with E-state index in [1.165, 1.54) is 6.92 Å². The van der Waals surface area contributed by atoms with Crippen molar-refractivity contribution in [3.8, 4) is 0 Å². The number of halogens is 1. The number of non-ortho nitro benzene ring substituents is 1. The van der Waals surface area contributed by atoms with Gasteiger partial charge in [0.25, 0.3) is 11.4 Å². The first kappa shape index (κ1) is 12.2. The Balaban J connectivity index is 3.57. The van der Waals surface area contributed by atoms with Crippen LogP contribution in [0.3, 0.4) is 0 Å². The molecule has 8 heteroatoms. The molecule has 0 aliphatic rings. The summed E-state index contributed by atoms with van der Waals surface area (Å²) in [6.07, 6.45) is 0. The second-order valence-corrected chi connectivity index (χ2v) is 3.69. The number of hydrogen-bond donors (Lipinski definition) is 0. The molecule has 0 saturated heterocycles. The zero-order valence-corrected chi connectivity index (χ0v) is 9.55. The van der Waals surface area contributed by atoms with Crippen LogP contribution in [-0.2, 0) is 0 Å².